The smallest absolute Gasteiger partial charge is 0.221 e. The summed E-state index contributed by atoms with van der Waals surface area (Å²) in [5.74, 6) is -0.0495. The van der Waals surface area contributed by atoms with E-state index in [1.54, 1.807) is 6.92 Å². The highest BCUT2D eigenvalue weighted by atomic mass is 16.3. The summed E-state index contributed by atoms with van der Waals surface area (Å²) in [6.07, 6.45) is 5.54. The van der Waals surface area contributed by atoms with Crippen molar-refractivity contribution in [1.82, 2.24) is 5.32 Å². The van der Waals surface area contributed by atoms with Crippen LogP contribution >= 0.6 is 0 Å². The molecular weight excluding hydrogens is 166 g/mol. The molecule has 0 rings (SSSR count). The van der Waals surface area contributed by atoms with E-state index in [0.29, 0.717) is 6.42 Å². The molecule has 0 aromatic rings. The fourth-order valence-electron chi connectivity index (χ4n) is 1.19. The van der Waals surface area contributed by atoms with Crippen LogP contribution in [0.4, 0.5) is 0 Å². The molecule has 13 heavy (non-hydrogen) atoms. The van der Waals surface area contributed by atoms with E-state index in [-0.39, 0.29) is 5.91 Å². The summed E-state index contributed by atoms with van der Waals surface area (Å²) < 4.78 is 0. The molecule has 0 aliphatic heterocycles. The Hall–Kier alpha value is -0.570. The lowest BCUT2D eigenvalue weighted by Gasteiger charge is -2.06. The van der Waals surface area contributed by atoms with Gasteiger partial charge in [-0.2, -0.15) is 0 Å². The van der Waals surface area contributed by atoms with Crippen LogP contribution in [-0.2, 0) is 4.79 Å². The molecule has 0 aromatic carbocycles. The minimum absolute atomic E-state index is 0.0495. The normalized spacial score (nSPS) is 12.5. The molecule has 0 heterocycles. The number of carbonyl (C=O) groups excluding carboxylic acids is 1. The number of carbonyl (C=O) groups is 1. The Morgan fingerprint density at radius 2 is 1.92 bits per heavy atom. The van der Waals surface area contributed by atoms with Crippen LogP contribution in [0.15, 0.2) is 0 Å². The molecule has 0 aliphatic rings. The van der Waals surface area contributed by atoms with E-state index in [9.17, 15) is 4.79 Å². The molecule has 0 bridgehead atoms. The maximum absolute atomic E-state index is 11.0. The van der Waals surface area contributed by atoms with Gasteiger partial charge in [-0.15, -0.1) is 0 Å². The van der Waals surface area contributed by atoms with E-state index in [4.69, 9.17) is 5.11 Å². The van der Waals surface area contributed by atoms with Gasteiger partial charge < -0.3 is 10.4 Å². The van der Waals surface area contributed by atoms with Crippen LogP contribution in [0.5, 0.6) is 0 Å². The number of unbranched alkanes of at least 4 members (excludes halogenated alkanes) is 4. The van der Waals surface area contributed by atoms with E-state index in [1.165, 1.54) is 19.3 Å². The minimum atomic E-state index is -0.719. The molecule has 2 N–H and O–H groups in total. The molecule has 1 atom stereocenters. The third kappa shape index (κ3) is 9.34. The Labute approximate surface area is 80.5 Å². The van der Waals surface area contributed by atoms with Crippen molar-refractivity contribution in [3.63, 3.8) is 0 Å². The number of hydrogen-bond acceptors (Lipinski definition) is 2. The van der Waals surface area contributed by atoms with Crippen LogP contribution in [0, 0.1) is 0 Å². The molecule has 3 heteroatoms. The first-order valence-corrected chi connectivity index (χ1v) is 5.14. The van der Waals surface area contributed by atoms with Crippen molar-refractivity contribution < 1.29 is 9.90 Å². The third-order valence-corrected chi connectivity index (χ3v) is 1.88. The number of aliphatic hydroxyl groups is 1. The Morgan fingerprint density at radius 1 is 1.31 bits per heavy atom. The maximum Gasteiger partial charge on any atom is 0.221 e. The second kappa shape index (κ2) is 8.05. The highest BCUT2D eigenvalue weighted by molar-refractivity contribution is 5.75. The molecule has 1 amide bonds. The SMILES string of the molecule is CCCCCCCC(=O)NC(C)O. The second-order valence-corrected chi connectivity index (χ2v) is 3.41. The molecule has 0 radical (unpaired) electrons. The Bertz CT molecular complexity index is 135. The van der Waals surface area contributed by atoms with Gasteiger partial charge >= 0.3 is 0 Å². The number of rotatable bonds is 7. The van der Waals surface area contributed by atoms with Crippen molar-refractivity contribution in [3.05, 3.63) is 0 Å². The summed E-state index contributed by atoms with van der Waals surface area (Å²) in [5.41, 5.74) is 0. The summed E-state index contributed by atoms with van der Waals surface area (Å²) in [7, 11) is 0. The fourth-order valence-corrected chi connectivity index (χ4v) is 1.19. The predicted molar refractivity (Wildman–Crippen MR) is 53.2 cm³/mol. The van der Waals surface area contributed by atoms with Gasteiger partial charge in [0, 0.05) is 6.42 Å². The van der Waals surface area contributed by atoms with Crippen molar-refractivity contribution in [2.45, 2.75) is 58.6 Å². The van der Waals surface area contributed by atoms with E-state index in [2.05, 4.69) is 12.2 Å². The molecule has 0 aliphatic carbocycles. The molecule has 1 unspecified atom stereocenters. The molecule has 0 saturated carbocycles. The van der Waals surface area contributed by atoms with Gasteiger partial charge in [0.1, 0.15) is 6.23 Å². The zero-order valence-electron chi connectivity index (χ0n) is 8.68. The first-order valence-electron chi connectivity index (χ1n) is 5.14. The van der Waals surface area contributed by atoms with Crippen molar-refractivity contribution in [2.75, 3.05) is 0 Å². The van der Waals surface area contributed by atoms with Crippen molar-refractivity contribution in [3.8, 4) is 0 Å². The largest absolute Gasteiger partial charge is 0.374 e. The number of amides is 1. The number of nitrogens with one attached hydrogen (secondary N) is 1. The summed E-state index contributed by atoms with van der Waals surface area (Å²) >= 11 is 0. The Balaban J connectivity index is 3.17. The minimum Gasteiger partial charge on any atom is -0.374 e. The van der Waals surface area contributed by atoms with E-state index < -0.39 is 6.23 Å². The first-order chi connectivity index (χ1) is 6.16. The maximum atomic E-state index is 11.0. The van der Waals surface area contributed by atoms with Crippen LogP contribution in [0.3, 0.4) is 0 Å². The second-order valence-electron chi connectivity index (χ2n) is 3.41. The standard InChI is InChI=1S/C10H21NO2/c1-3-4-5-6-7-8-10(13)11-9(2)12/h9,12H,3-8H2,1-2H3,(H,11,13). The van der Waals surface area contributed by atoms with Gasteiger partial charge in [0.05, 0.1) is 0 Å². The summed E-state index contributed by atoms with van der Waals surface area (Å²) in [6, 6.07) is 0. The fraction of sp³-hybridized carbons (Fsp3) is 0.900. The molecule has 0 saturated heterocycles. The van der Waals surface area contributed by atoms with Gasteiger partial charge in [0.2, 0.25) is 5.91 Å². The predicted octanol–water partition coefficient (Wildman–Crippen LogP) is 1.80. The average molecular weight is 187 g/mol. The highest BCUT2D eigenvalue weighted by Gasteiger charge is 2.02. The zero-order valence-corrected chi connectivity index (χ0v) is 8.68. The third-order valence-electron chi connectivity index (χ3n) is 1.88. The van der Waals surface area contributed by atoms with Crippen molar-refractivity contribution in [2.24, 2.45) is 0 Å². The van der Waals surface area contributed by atoms with E-state index in [0.717, 1.165) is 12.8 Å². The van der Waals surface area contributed by atoms with Crippen LogP contribution in [0.25, 0.3) is 0 Å². The summed E-state index contributed by atoms with van der Waals surface area (Å²) in [6.45, 7) is 3.72. The lowest BCUT2D eigenvalue weighted by molar-refractivity contribution is -0.123. The highest BCUT2D eigenvalue weighted by Crippen LogP contribution is 2.04. The first kappa shape index (κ1) is 12.4. The topological polar surface area (TPSA) is 49.3 Å². The quantitative estimate of drug-likeness (QED) is 0.471. The lowest BCUT2D eigenvalue weighted by Crippen LogP contribution is -2.31. The zero-order chi connectivity index (χ0) is 10.1. The lowest BCUT2D eigenvalue weighted by atomic mass is 10.1. The van der Waals surface area contributed by atoms with Gasteiger partial charge in [-0.3, -0.25) is 4.79 Å². The van der Waals surface area contributed by atoms with Crippen molar-refractivity contribution in [1.29, 1.82) is 0 Å². The Morgan fingerprint density at radius 3 is 2.46 bits per heavy atom. The van der Waals surface area contributed by atoms with Gasteiger partial charge in [-0.25, -0.2) is 0 Å². The molecule has 0 aromatic heterocycles. The van der Waals surface area contributed by atoms with Crippen LogP contribution in [0.2, 0.25) is 0 Å². The van der Waals surface area contributed by atoms with Crippen LogP contribution < -0.4 is 5.32 Å². The van der Waals surface area contributed by atoms with Crippen LogP contribution in [0.1, 0.15) is 52.4 Å². The number of hydrogen-bond donors (Lipinski definition) is 2. The molecule has 3 nitrogen and oxygen atoms in total. The Kier molecular flexibility index (Phi) is 7.69. The molecule has 78 valence electrons. The monoisotopic (exact) mass is 187 g/mol. The van der Waals surface area contributed by atoms with Gasteiger partial charge in [0.15, 0.2) is 0 Å². The molecular formula is C10H21NO2. The van der Waals surface area contributed by atoms with Gasteiger partial charge in [0.25, 0.3) is 0 Å². The average Bonchev–Trinajstić information content (AvgIpc) is 2.02. The molecule has 0 spiro atoms. The summed E-state index contributed by atoms with van der Waals surface area (Å²) in [5, 5.41) is 11.3. The van der Waals surface area contributed by atoms with Crippen LogP contribution in [-0.4, -0.2) is 17.2 Å². The molecule has 0 fully saturated rings. The van der Waals surface area contributed by atoms with Gasteiger partial charge in [-0.1, -0.05) is 32.6 Å². The number of aliphatic hydroxyl groups excluding tert-OH is 1. The summed E-state index contributed by atoms with van der Waals surface area (Å²) in [4.78, 5) is 11.0. The van der Waals surface area contributed by atoms with Gasteiger partial charge in [-0.05, 0) is 13.3 Å². The van der Waals surface area contributed by atoms with E-state index >= 15 is 0 Å². The van der Waals surface area contributed by atoms with Crippen molar-refractivity contribution >= 4 is 5.91 Å². The van der Waals surface area contributed by atoms with E-state index in [1.807, 2.05) is 0 Å².